The Morgan fingerprint density at radius 3 is 2.42 bits per heavy atom. The summed E-state index contributed by atoms with van der Waals surface area (Å²) in [6.45, 7) is 3.74. The molecule has 4 rings (SSSR count). The standard InChI is InChI=1S/C22H20F2N4O2S/c1-3-30-20(29)18-13(2)25-21-26-22(31-12-14-4-8-16(23)9-5-14)27-28(21)19(18)15-6-10-17(24)11-7-15/h4-11,19H,3,12H2,1-2H3,(H,25,26,27)/t19-/m1/s1. The average molecular weight is 442 g/mol. The maximum Gasteiger partial charge on any atom is 0.338 e. The Labute approximate surface area is 182 Å². The van der Waals surface area contributed by atoms with E-state index >= 15 is 0 Å². The van der Waals surface area contributed by atoms with Crippen LogP contribution in [0.3, 0.4) is 0 Å². The minimum Gasteiger partial charge on any atom is -0.463 e. The molecule has 31 heavy (non-hydrogen) atoms. The minimum atomic E-state index is -0.608. The smallest absolute Gasteiger partial charge is 0.338 e. The van der Waals surface area contributed by atoms with Crippen molar-refractivity contribution in [1.29, 1.82) is 0 Å². The van der Waals surface area contributed by atoms with Crippen molar-refractivity contribution < 1.29 is 18.3 Å². The molecule has 2 heterocycles. The largest absolute Gasteiger partial charge is 0.463 e. The first-order valence-corrected chi connectivity index (χ1v) is 10.7. The molecule has 0 amide bonds. The van der Waals surface area contributed by atoms with E-state index in [1.807, 2.05) is 0 Å². The van der Waals surface area contributed by atoms with Crippen molar-refractivity contribution in [2.75, 3.05) is 11.9 Å². The van der Waals surface area contributed by atoms with Crippen LogP contribution in [0, 0.1) is 11.6 Å². The van der Waals surface area contributed by atoms with Gasteiger partial charge in [-0.1, -0.05) is 36.0 Å². The summed E-state index contributed by atoms with van der Waals surface area (Å²) >= 11 is 1.39. The van der Waals surface area contributed by atoms with E-state index < -0.39 is 12.0 Å². The van der Waals surface area contributed by atoms with Crippen LogP contribution in [0.5, 0.6) is 0 Å². The number of rotatable bonds is 6. The van der Waals surface area contributed by atoms with Gasteiger partial charge in [0.2, 0.25) is 11.1 Å². The molecule has 0 saturated carbocycles. The summed E-state index contributed by atoms with van der Waals surface area (Å²) in [7, 11) is 0. The van der Waals surface area contributed by atoms with Gasteiger partial charge in [0.25, 0.3) is 0 Å². The molecule has 0 saturated heterocycles. The lowest BCUT2D eigenvalue weighted by atomic mass is 9.96. The van der Waals surface area contributed by atoms with Crippen molar-refractivity contribution in [3.8, 4) is 0 Å². The number of hydrogen-bond acceptors (Lipinski definition) is 6. The number of carbonyl (C=O) groups excluding carboxylic acids is 1. The fraction of sp³-hybridized carbons (Fsp3) is 0.227. The Kier molecular flexibility index (Phi) is 6.03. The van der Waals surface area contributed by atoms with E-state index in [9.17, 15) is 13.6 Å². The highest BCUT2D eigenvalue weighted by Gasteiger charge is 2.35. The van der Waals surface area contributed by atoms with E-state index in [-0.39, 0.29) is 18.2 Å². The van der Waals surface area contributed by atoms with Crippen LogP contribution < -0.4 is 5.32 Å². The molecule has 0 bridgehead atoms. The highest BCUT2D eigenvalue weighted by molar-refractivity contribution is 7.98. The van der Waals surface area contributed by atoms with Crippen LogP contribution >= 0.6 is 11.8 Å². The second kappa shape index (κ2) is 8.89. The van der Waals surface area contributed by atoms with E-state index in [2.05, 4.69) is 15.4 Å². The molecular weight excluding hydrogens is 422 g/mol. The predicted octanol–water partition coefficient (Wildman–Crippen LogP) is 4.70. The van der Waals surface area contributed by atoms with E-state index in [0.717, 1.165) is 5.56 Å². The van der Waals surface area contributed by atoms with E-state index in [1.165, 1.54) is 36.0 Å². The molecule has 1 aliphatic rings. The van der Waals surface area contributed by atoms with Crippen LogP contribution in [0.1, 0.15) is 31.0 Å². The van der Waals surface area contributed by atoms with Gasteiger partial charge in [-0.05, 0) is 49.2 Å². The first-order chi connectivity index (χ1) is 15.0. The molecule has 1 atom stereocenters. The molecule has 0 unspecified atom stereocenters. The molecule has 6 nitrogen and oxygen atoms in total. The third-order valence-electron chi connectivity index (χ3n) is 4.80. The average Bonchev–Trinajstić information content (AvgIpc) is 3.15. The van der Waals surface area contributed by atoms with Crippen molar-refractivity contribution in [3.63, 3.8) is 0 Å². The fourth-order valence-electron chi connectivity index (χ4n) is 3.35. The number of esters is 1. The summed E-state index contributed by atoms with van der Waals surface area (Å²) in [6, 6.07) is 11.6. The van der Waals surface area contributed by atoms with E-state index in [0.29, 0.717) is 33.7 Å². The van der Waals surface area contributed by atoms with Crippen LogP contribution in [-0.4, -0.2) is 27.3 Å². The van der Waals surface area contributed by atoms with Crippen molar-refractivity contribution in [2.45, 2.75) is 30.8 Å². The van der Waals surface area contributed by atoms with Gasteiger partial charge in [0.05, 0.1) is 12.2 Å². The van der Waals surface area contributed by atoms with Gasteiger partial charge < -0.3 is 10.1 Å². The quantitative estimate of drug-likeness (QED) is 0.441. The Morgan fingerprint density at radius 1 is 1.13 bits per heavy atom. The predicted molar refractivity (Wildman–Crippen MR) is 113 cm³/mol. The van der Waals surface area contributed by atoms with Crippen molar-refractivity contribution in [1.82, 2.24) is 14.8 Å². The monoisotopic (exact) mass is 442 g/mol. The number of benzene rings is 2. The Morgan fingerprint density at radius 2 is 1.77 bits per heavy atom. The first-order valence-electron chi connectivity index (χ1n) is 9.70. The summed E-state index contributed by atoms with van der Waals surface area (Å²) < 4.78 is 33.5. The van der Waals surface area contributed by atoms with Gasteiger partial charge in [-0.3, -0.25) is 0 Å². The van der Waals surface area contributed by atoms with Gasteiger partial charge >= 0.3 is 5.97 Å². The molecule has 160 valence electrons. The zero-order valence-corrected chi connectivity index (χ0v) is 17.7. The Balaban J connectivity index is 1.67. The molecule has 2 aromatic carbocycles. The lowest BCUT2D eigenvalue weighted by Crippen LogP contribution is -2.29. The van der Waals surface area contributed by atoms with Gasteiger partial charge in [-0.2, -0.15) is 4.98 Å². The number of nitrogens with one attached hydrogen (secondary N) is 1. The number of anilines is 1. The molecule has 1 aromatic heterocycles. The molecule has 9 heteroatoms. The van der Waals surface area contributed by atoms with E-state index in [4.69, 9.17) is 4.74 Å². The SMILES string of the molecule is CCOC(=O)C1=C(C)Nc2nc(SCc3ccc(F)cc3)nn2[C@@H]1c1ccc(F)cc1. The zero-order chi connectivity index (χ0) is 22.0. The lowest BCUT2D eigenvalue weighted by molar-refractivity contribution is -0.139. The topological polar surface area (TPSA) is 69.0 Å². The summed E-state index contributed by atoms with van der Waals surface area (Å²) in [4.78, 5) is 17.3. The highest BCUT2D eigenvalue weighted by Crippen LogP contribution is 2.37. The van der Waals surface area contributed by atoms with Crippen molar-refractivity contribution >= 4 is 23.7 Å². The van der Waals surface area contributed by atoms with Crippen LogP contribution in [0.25, 0.3) is 0 Å². The lowest BCUT2D eigenvalue weighted by Gasteiger charge is -2.28. The van der Waals surface area contributed by atoms with Crippen LogP contribution in [0.2, 0.25) is 0 Å². The number of hydrogen-bond donors (Lipinski definition) is 1. The summed E-state index contributed by atoms with van der Waals surface area (Å²) in [5, 5.41) is 8.20. The maximum atomic E-state index is 13.5. The number of carbonyl (C=O) groups is 1. The normalized spacial score (nSPS) is 15.4. The van der Waals surface area contributed by atoms with Crippen molar-refractivity contribution in [2.24, 2.45) is 0 Å². The number of thioether (sulfide) groups is 1. The third kappa shape index (κ3) is 4.46. The second-order valence-corrected chi connectivity index (χ2v) is 7.86. The molecule has 3 aromatic rings. The zero-order valence-electron chi connectivity index (χ0n) is 16.9. The molecule has 0 fully saturated rings. The highest BCUT2D eigenvalue weighted by atomic mass is 32.2. The molecular formula is C22H20F2N4O2S. The molecule has 0 radical (unpaired) electrons. The van der Waals surface area contributed by atoms with Gasteiger partial charge in [-0.15, -0.1) is 5.10 Å². The number of halogens is 2. The number of nitrogens with zero attached hydrogens (tertiary/aromatic N) is 3. The third-order valence-corrected chi connectivity index (χ3v) is 5.70. The summed E-state index contributed by atoms with van der Waals surface area (Å²) in [6.07, 6.45) is 0. The Bertz CT molecular complexity index is 1130. The molecule has 0 spiro atoms. The van der Waals surface area contributed by atoms with Gasteiger partial charge in [0, 0.05) is 11.4 Å². The Hall–Kier alpha value is -3.20. The molecule has 1 aliphatic heterocycles. The van der Waals surface area contributed by atoms with E-state index in [1.54, 1.807) is 42.8 Å². The number of ether oxygens (including phenoxy) is 1. The number of fused-ring (bicyclic) bond motifs is 1. The fourth-order valence-corrected chi connectivity index (χ4v) is 4.13. The molecule has 0 aliphatic carbocycles. The van der Waals surface area contributed by atoms with Gasteiger partial charge in [0.15, 0.2) is 0 Å². The van der Waals surface area contributed by atoms with Crippen LogP contribution in [0.15, 0.2) is 65.0 Å². The first kappa shape index (κ1) is 21.0. The molecule has 1 N–H and O–H groups in total. The van der Waals surface area contributed by atoms with Crippen LogP contribution in [-0.2, 0) is 15.3 Å². The maximum absolute atomic E-state index is 13.5. The minimum absolute atomic E-state index is 0.231. The van der Waals surface area contributed by atoms with Crippen LogP contribution in [0.4, 0.5) is 14.7 Å². The van der Waals surface area contributed by atoms with Gasteiger partial charge in [-0.25, -0.2) is 18.3 Å². The summed E-state index contributed by atoms with van der Waals surface area (Å²) in [5.74, 6) is -0.0960. The number of aromatic nitrogens is 3. The number of allylic oxidation sites excluding steroid dienone is 1. The second-order valence-electron chi connectivity index (χ2n) is 6.92. The van der Waals surface area contributed by atoms with Gasteiger partial charge in [0.1, 0.15) is 17.7 Å². The van der Waals surface area contributed by atoms with Crippen molar-refractivity contribution in [3.05, 3.63) is 82.6 Å². The summed E-state index contributed by atoms with van der Waals surface area (Å²) in [5.41, 5.74) is 2.61.